The normalized spacial score (nSPS) is 29.1. The summed E-state index contributed by atoms with van der Waals surface area (Å²) in [6.07, 6.45) is 8.02. The van der Waals surface area contributed by atoms with Crippen LogP contribution in [0, 0.1) is 11.8 Å². The lowest BCUT2D eigenvalue weighted by Gasteiger charge is -2.54. The van der Waals surface area contributed by atoms with Gasteiger partial charge in [0.2, 0.25) is 6.04 Å². The molecule has 1 saturated carbocycles. The number of primary amides is 1. The summed E-state index contributed by atoms with van der Waals surface area (Å²) in [6, 6.07) is 4.81. The smallest absolute Gasteiger partial charge is 0.344 e. The zero-order valence-electron chi connectivity index (χ0n) is 19.0. The Hall–Kier alpha value is -1.88. The van der Waals surface area contributed by atoms with Crippen LogP contribution in [0.15, 0.2) is 36.1 Å². The number of nitrogens with two attached hydrogens (primary N) is 1. The minimum Gasteiger partial charge on any atom is -1.00 e. The molecule has 2 unspecified atom stereocenters. The Bertz CT molecular complexity index is 994. The van der Waals surface area contributed by atoms with E-state index < -0.39 is 23.5 Å². The van der Waals surface area contributed by atoms with E-state index in [-0.39, 0.29) is 34.9 Å². The maximum absolute atomic E-state index is 13.6. The molecular formula is C24H31BrN4O4S. The van der Waals surface area contributed by atoms with Gasteiger partial charge < -0.3 is 37.0 Å². The van der Waals surface area contributed by atoms with Crippen molar-refractivity contribution in [3.63, 3.8) is 0 Å². The highest BCUT2D eigenvalue weighted by molar-refractivity contribution is 7.10. The fourth-order valence-electron chi connectivity index (χ4n) is 6.35. The Morgan fingerprint density at radius 3 is 2.53 bits per heavy atom. The van der Waals surface area contributed by atoms with E-state index in [1.807, 2.05) is 17.5 Å². The van der Waals surface area contributed by atoms with Crippen molar-refractivity contribution in [3.8, 4) is 0 Å². The van der Waals surface area contributed by atoms with Gasteiger partial charge in [-0.1, -0.05) is 18.9 Å². The van der Waals surface area contributed by atoms with Gasteiger partial charge in [-0.15, -0.1) is 11.3 Å². The molecule has 184 valence electrons. The van der Waals surface area contributed by atoms with Gasteiger partial charge in [-0.05, 0) is 30.4 Å². The molecule has 4 aliphatic rings. The third-order valence-corrected chi connectivity index (χ3v) is 9.07. The van der Waals surface area contributed by atoms with Crippen LogP contribution in [0.5, 0.6) is 0 Å². The number of thiophene rings is 1. The highest BCUT2D eigenvalue weighted by Gasteiger charge is 2.56. The van der Waals surface area contributed by atoms with Gasteiger partial charge in [-0.3, -0.25) is 4.79 Å². The molecule has 3 N–H and O–H groups in total. The fraction of sp³-hybridized carbons (Fsp3) is 0.583. The number of hydrogen-bond acceptors (Lipinski definition) is 7. The lowest BCUT2D eigenvalue weighted by molar-refractivity contribution is -0.965. The summed E-state index contributed by atoms with van der Waals surface area (Å²) in [5, 5.41) is 13.6. The standard InChI is InChI=1S/C24H30N4O4S.BrH/c25-22(29)21(18-7-10-26-15-27-18)28-11-8-16(9-12-28)19(14-28)32-23(30)24(31,17-4-1-2-5-17)20-6-3-13-33-20;/h3,6-7,10,13,15-17,19,21,31H,1-2,4-5,8-9,11-12,14H2,(H-,25,29);1H/t16?,19?,21?,24-,28?;/m0./s1. The van der Waals surface area contributed by atoms with Crippen LogP contribution in [0.4, 0.5) is 0 Å². The minimum atomic E-state index is -1.61. The molecule has 3 atom stereocenters. The van der Waals surface area contributed by atoms with Crippen molar-refractivity contribution in [2.45, 2.75) is 56.3 Å². The number of hydrogen-bond donors (Lipinski definition) is 2. The van der Waals surface area contributed by atoms with Crippen LogP contribution in [0.25, 0.3) is 0 Å². The number of carbonyl (C=O) groups excluding carboxylic acids is 2. The highest BCUT2D eigenvalue weighted by Crippen LogP contribution is 2.46. The van der Waals surface area contributed by atoms with Crippen LogP contribution in [-0.2, 0) is 19.9 Å². The number of fused-ring (bicyclic) bond motifs is 3. The average Bonchev–Trinajstić information content (AvgIpc) is 3.55. The Morgan fingerprint density at radius 1 is 1.21 bits per heavy atom. The van der Waals surface area contributed by atoms with Crippen LogP contribution < -0.4 is 22.7 Å². The molecule has 0 aromatic carbocycles. The van der Waals surface area contributed by atoms with E-state index in [0.717, 1.165) is 51.6 Å². The van der Waals surface area contributed by atoms with Crippen LogP contribution in [0.3, 0.4) is 0 Å². The van der Waals surface area contributed by atoms with Crippen molar-refractivity contribution in [1.29, 1.82) is 0 Å². The number of esters is 1. The van der Waals surface area contributed by atoms with Crippen LogP contribution >= 0.6 is 11.3 Å². The molecule has 3 aliphatic heterocycles. The minimum absolute atomic E-state index is 0. The summed E-state index contributed by atoms with van der Waals surface area (Å²) in [4.78, 5) is 35.1. The number of aromatic nitrogens is 2. The number of aliphatic hydroxyl groups is 1. The molecule has 0 spiro atoms. The number of carbonyl (C=O) groups is 2. The van der Waals surface area contributed by atoms with Crippen LogP contribution in [0.1, 0.15) is 55.1 Å². The Labute approximate surface area is 213 Å². The lowest BCUT2D eigenvalue weighted by atomic mass is 9.80. The van der Waals surface area contributed by atoms with Gasteiger partial charge in [0, 0.05) is 35.8 Å². The second kappa shape index (κ2) is 10.0. The predicted molar refractivity (Wildman–Crippen MR) is 122 cm³/mol. The number of rotatable bonds is 7. The number of halogens is 1. The van der Waals surface area contributed by atoms with Crippen molar-refractivity contribution >= 4 is 23.2 Å². The van der Waals surface area contributed by atoms with E-state index in [1.54, 1.807) is 12.3 Å². The van der Waals surface area contributed by atoms with E-state index in [2.05, 4.69) is 9.97 Å². The molecule has 2 aromatic heterocycles. The van der Waals surface area contributed by atoms with E-state index >= 15 is 0 Å². The lowest BCUT2D eigenvalue weighted by Crippen LogP contribution is -3.00. The van der Waals surface area contributed by atoms with Crippen molar-refractivity contribution < 1.29 is 40.9 Å². The average molecular weight is 552 g/mol. The number of quaternary nitrogens is 1. The van der Waals surface area contributed by atoms with Crippen molar-refractivity contribution in [3.05, 3.63) is 46.7 Å². The van der Waals surface area contributed by atoms with Gasteiger partial charge in [-0.2, -0.15) is 0 Å². The molecule has 0 radical (unpaired) electrons. The molecule has 6 rings (SSSR count). The summed E-state index contributed by atoms with van der Waals surface area (Å²) in [5.74, 6) is -0.886. The summed E-state index contributed by atoms with van der Waals surface area (Å²) in [5.41, 5.74) is 4.87. The van der Waals surface area contributed by atoms with Crippen molar-refractivity contribution in [2.75, 3.05) is 19.6 Å². The summed E-state index contributed by atoms with van der Waals surface area (Å²) in [7, 11) is 0. The highest BCUT2D eigenvalue weighted by atomic mass is 79.9. The maximum atomic E-state index is 13.6. The predicted octanol–water partition coefficient (Wildman–Crippen LogP) is -0.701. The van der Waals surface area contributed by atoms with Gasteiger partial charge in [0.25, 0.3) is 5.91 Å². The first kappa shape index (κ1) is 25.2. The number of amides is 1. The molecular weight excluding hydrogens is 520 g/mol. The van der Waals surface area contributed by atoms with E-state index in [0.29, 0.717) is 21.6 Å². The van der Waals surface area contributed by atoms with Gasteiger partial charge in [0.05, 0.1) is 13.1 Å². The molecule has 1 amide bonds. The first-order valence-electron chi connectivity index (χ1n) is 11.8. The van der Waals surface area contributed by atoms with Crippen LogP contribution in [-0.4, -0.2) is 57.2 Å². The van der Waals surface area contributed by atoms with Crippen LogP contribution in [0.2, 0.25) is 0 Å². The van der Waals surface area contributed by atoms with E-state index in [4.69, 9.17) is 10.5 Å². The quantitative estimate of drug-likeness (QED) is 0.348. The Balaban J connectivity index is 0.00000274. The second-order valence-corrected chi connectivity index (χ2v) is 10.7. The fourth-order valence-corrected chi connectivity index (χ4v) is 7.25. The van der Waals surface area contributed by atoms with Crippen molar-refractivity contribution in [1.82, 2.24) is 9.97 Å². The molecule has 2 bridgehead atoms. The number of nitrogens with zero attached hydrogens (tertiary/aromatic N) is 3. The molecule has 5 heterocycles. The monoisotopic (exact) mass is 550 g/mol. The molecule has 10 heteroatoms. The topological polar surface area (TPSA) is 115 Å². The molecule has 2 aromatic rings. The molecule has 3 saturated heterocycles. The second-order valence-electron chi connectivity index (χ2n) is 9.79. The SMILES string of the molecule is NC(=O)C(c1ccncn1)[N+]12CCC(CC1)C(OC(=O)[C@@](O)(c1cccs1)C1CCCC1)C2.[Br-]. The third-order valence-electron chi connectivity index (χ3n) is 8.07. The third kappa shape index (κ3) is 4.29. The number of piperidine rings is 3. The van der Waals surface area contributed by atoms with E-state index in [9.17, 15) is 14.7 Å². The number of ether oxygens (including phenoxy) is 1. The van der Waals surface area contributed by atoms with Gasteiger partial charge >= 0.3 is 5.97 Å². The summed E-state index contributed by atoms with van der Waals surface area (Å²) >= 11 is 1.40. The zero-order valence-corrected chi connectivity index (χ0v) is 21.4. The largest absolute Gasteiger partial charge is 1.00 e. The van der Waals surface area contributed by atoms with E-state index in [1.165, 1.54) is 17.7 Å². The molecule has 8 nitrogen and oxygen atoms in total. The molecule has 1 aliphatic carbocycles. The first-order chi connectivity index (χ1) is 15.9. The van der Waals surface area contributed by atoms with Crippen molar-refractivity contribution in [2.24, 2.45) is 17.6 Å². The van der Waals surface area contributed by atoms with Gasteiger partial charge in [0.15, 0.2) is 11.7 Å². The van der Waals surface area contributed by atoms with Gasteiger partial charge in [-0.25, -0.2) is 14.8 Å². The Kier molecular flexibility index (Phi) is 7.42. The molecule has 4 fully saturated rings. The zero-order chi connectivity index (χ0) is 23.1. The summed E-state index contributed by atoms with van der Waals surface area (Å²) in [6.45, 7) is 2.07. The summed E-state index contributed by atoms with van der Waals surface area (Å²) < 4.78 is 6.57. The molecule has 34 heavy (non-hydrogen) atoms. The maximum Gasteiger partial charge on any atom is 0.344 e. The van der Waals surface area contributed by atoms with Gasteiger partial charge in [0.1, 0.15) is 18.6 Å². The Morgan fingerprint density at radius 2 is 1.94 bits per heavy atom. The first-order valence-corrected chi connectivity index (χ1v) is 12.7.